The van der Waals surface area contributed by atoms with Crippen LogP contribution in [0.2, 0.25) is 0 Å². The number of carboxylic acid groups (broad SMARTS) is 2. The van der Waals surface area contributed by atoms with Crippen LogP contribution in [0.1, 0.15) is 68.8 Å². The number of rotatable bonds is 19. The van der Waals surface area contributed by atoms with Gasteiger partial charge in [-0.1, -0.05) is 70.0 Å². The summed E-state index contributed by atoms with van der Waals surface area (Å²) in [5, 5.41) is 39.7. The van der Waals surface area contributed by atoms with Gasteiger partial charge in [0.05, 0.1) is 17.6 Å². The molecule has 0 bridgehead atoms. The molecule has 0 radical (unpaired) electrons. The minimum Gasteiger partial charge on any atom is -0.481 e. The molecule has 14 heteroatoms. The molecule has 0 saturated carbocycles. The quantitative estimate of drug-likeness (QED) is 0.108. The second-order valence-electron chi connectivity index (χ2n) is 11.6. The fraction of sp³-hybridized carbons (Fsp3) is 0.455. The molecule has 0 unspecified atom stereocenters. The molecule has 14 nitrogen and oxygen atoms in total. The highest BCUT2D eigenvalue weighted by Crippen LogP contribution is 2.14. The Labute approximate surface area is 273 Å². The van der Waals surface area contributed by atoms with Crippen LogP contribution in [0, 0.1) is 5.92 Å². The van der Waals surface area contributed by atoms with E-state index in [-0.39, 0.29) is 36.9 Å². The Morgan fingerprint density at radius 1 is 0.809 bits per heavy atom. The van der Waals surface area contributed by atoms with Crippen molar-refractivity contribution in [2.75, 3.05) is 5.32 Å². The number of anilines is 1. The SMILES string of the molecule is CCCC[C@H](NC(=O)[C@@H](NC(=O)[C@@H](N)CCC(=O)O)C(C)C)C(=O)N[C@@H](Cc1ccccc1)[C@@H](O)C(=O)Nc1cccc(C(=O)O)c1. The third-order valence-corrected chi connectivity index (χ3v) is 7.39. The highest BCUT2D eigenvalue weighted by Gasteiger charge is 2.33. The predicted molar refractivity (Wildman–Crippen MR) is 173 cm³/mol. The second kappa shape index (κ2) is 19.0. The lowest BCUT2D eigenvalue weighted by Gasteiger charge is -2.29. The van der Waals surface area contributed by atoms with Crippen LogP contribution in [0.15, 0.2) is 54.6 Å². The summed E-state index contributed by atoms with van der Waals surface area (Å²) in [6.45, 7) is 5.27. The number of aliphatic hydroxyl groups excluding tert-OH is 1. The van der Waals surface area contributed by atoms with Crippen LogP contribution < -0.4 is 27.0 Å². The summed E-state index contributed by atoms with van der Waals surface area (Å²) in [6.07, 6.45) is -0.727. The highest BCUT2D eigenvalue weighted by molar-refractivity contribution is 5.97. The molecule has 0 saturated heterocycles. The standard InChI is InChI=1S/C33H45N5O9/c1-4-5-14-24(36-31(44)27(19(2)3)38-29(42)23(34)15-16-26(39)40)30(43)37-25(17-20-10-7-6-8-11-20)28(41)32(45)35-22-13-9-12-21(18-22)33(46)47/h6-13,18-19,23-25,27-28,41H,4-5,14-17,34H2,1-3H3,(H,35,45)(H,36,44)(H,37,43)(H,38,42)(H,39,40)(H,46,47)/t23-,24-,25-,27-,28+/m0/s1. The first-order valence-corrected chi connectivity index (χ1v) is 15.5. The summed E-state index contributed by atoms with van der Waals surface area (Å²) < 4.78 is 0. The van der Waals surface area contributed by atoms with E-state index in [1.165, 1.54) is 24.3 Å². The maximum Gasteiger partial charge on any atom is 0.335 e. The molecule has 0 aliphatic carbocycles. The Balaban J connectivity index is 2.26. The number of aromatic carboxylic acids is 1. The molecule has 0 fully saturated rings. The zero-order valence-electron chi connectivity index (χ0n) is 26.8. The summed E-state index contributed by atoms with van der Waals surface area (Å²) in [6, 6.07) is 9.81. The third kappa shape index (κ3) is 12.8. The van der Waals surface area contributed by atoms with Crippen LogP contribution in [0.25, 0.3) is 0 Å². The molecule has 0 spiro atoms. The average molecular weight is 656 g/mol. The minimum absolute atomic E-state index is 0.0453. The topological polar surface area (TPSA) is 237 Å². The minimum atomic E-state index is -1.77. The molecule has 0 aliphatic rings. The van der Waals surface area contributed by atoms with E-state index in [4.69, 9.17) is 10.8 Å². The number of carboxylic acids is 2. The van der Waals surface area contributed by atoms with Crippen molar-refractivity contribution in [1.29, 1.82) is 0 Å². The number of nitrogens with two attached hydrogens (primary N) is 1. The van der Waals surface area contributed by atoms with Crippen molar-refractivity contribution in [3.63, 3.8) is 0 Å². The van der Waals surface area contributed by atoms with E-state index in [2.05, 4.69) is 21.3 Å². The molecule has 5 atom stereocenters. The molecule has 0 aliphatic heterocycles. The molecular formula is C33H45N5O9. The summed E-state index contributed by atoms with van der Waals surface area (Å²) in [5.74, 6) is -5.65. The Bertz CT molecular complexity index is 1390. The lowest BCUT2D eigenvalue weighted by atomic mass is 9.98. The van der Waals surface area contributed by atoms with Crippen molar-refractivity contribution in [3.8, 4) is 0 Å². The first kappa shape index (κ1) is 38.4. The second-order valence-corrected chi connectivity index (χ2v) is 11.6. The van der Waals surface area contributed by atoms with Crippen molar-refractivity contribution in [2.24, 2.45) is 11.7 Å². The Kier molecular flexibility index (Phi) is 15.5. The van der Waals surface area contributed by atoms with Crippen LogP contribution in [0.5, 0.6) is 0 Å². The molecule has 9 N–H and O–H groups in total. The number of amides is 4. The Hall–Kier alpha value is -4.82. The lowest BCUT2D eigenvalue weighted by molar-refractivity contribution is -0.137. The van der Waals surface area contributed by atoms with E-state index >= 15 is 0 Å². The molecule has 0 heterocycles. The molecule has 2 rings (SSSR count). The summed E-state index contributed by atoms with van der Waals surface area (Å²) in [5.41, 5.74) is 6.58. The Morgan fingerprint density at radius 3 is 2.09 bits per heavy atom. The number of carbonyl (C=O) groups is 6. The molecular weight excluding hydrogens is 610 g/mol. The molecule has 0 aromatic heterocycles. The average Bonchev–Trinajstić information content (AvgIpc) is 3.03. The fourth-order valence-electron chi connectivity index (χ4n) is 4.67. The number of benzene rings is 2. The molecule has 256 valence electrons. The van der Waals surface area contributed by atoms with Gasteiger partial charge in [-0.25, -0.2) is 4.79 Å². The van der Waals surface area contributed by atoms with Crippen LogP contribution in [0.4, 0.5) is 5.69 Å². The molecule has 2 aromatic rings. The van der Waals surface area contributed by atoms with E-state index in [0.29, 0.717) is 18.4 Å². The third-order valence-electron chi connectivity index (χ3n) is 7.39. The van der Waals surface area contributed by atoms with E-state index in [9.17, 15) is 39.0 Å². The summed E-state index contributed by atoms with van der Waals surface area (Å²) in [4.78, 5) is 75.0. The largest absolute Gasteiger partial charge is 0.481 e. The zero-order valence-corrected chi connectivity index (χ0v) is 26.8. The summed E-state index contributed by atoms with van der Waals surface area (Å²) in [7, 11) is 0. The van der Waals surface area contributed by atoms with Gasteiger partial charge in [0.1, 0.15) is 12.1 Å². The van der Waals surface area contributed by atoms with Crippen LogP contribution in [-0.4, -0.2) is 81.2 Å². The number of aliphatic hydroxyl groups is 1. The first-order valence-electron chi connectivity index (χ1n) is 15.5. The maximum absolute atomic E-state index is 13.7. The van der Waals surface area contributed by atoms with Crippen molar-refractivity contribution in [3.05, 3.63) is 65.7 Å². The fourth-order valence-corrected chi connectivity index (χ4v) is 4.67. The predicted octanol–water partition coefficient (Wildman–Crippen LogP) is 1.42. The van der Waals surface area contributed by atoms with Crippen molar-refractivity contribution >= 4 is 41.3 Å². The van der Waals surface area contributed by atoms with Gasteiger partial charge in [0.25, 0.3) is 5.91 Å². The number of aliphatic carboxylic acids is 1. The number of carbonyl (C=O) groups excluding carboxylic acids is 4. The summed E-state index contributed by atoms with van der Waals surface area (Å²) >= 11 is 0. The van der Waals surface area contributed by atoms with Crippen LogP contribution in [-0.2, 0) is 30.4 Å². The molecule has 2 aromatic carbocycles. The van der Waals surface area contributed by atoms with E-state index in [1.807, 2.05) is 6.92 Å². The van der Waals surface area contributed by atoms with E-state index in [0.717, 1.165) is 0 Å². The van der Waals surface area contributed by atoms with Gasteiger partial charge in [0.15, 0.2) is 6.10 Å². The van der Waals surface area contributed by atoms with Crippen LogP contribution >= 0.6 is 0 Å². The number of nitrogens with one attached hydrogen (secondary N) is 4. The van der Waals surface area contributed by atoms with Gasteiger partial charge in [0, 0.05) is 12.1 Å². The number of hydrogen-bond acceptors (Lipinski definition) is 8. The van der Waals surface area contributed by atoms with Gasteiger partial charge in [0.2, 0.25) is 17.7 Å². The normalized spacial score (nSPS) is 14.2. The smallest absolute Gasteiger partial charge is 0.335 e. The highest BCUT2D eigenvalue weighted by atomic mass is 16.4. The first-order chi connectivity index (χ1) is 22.2. The zero-order chi connectivity index (χ0) is 35.1. The van der Waals surface area contributed by atoms with Gasteiger partial charge >= 0.3 is 11.9 Å². The van der Waals surface area contributed by atoms with E-state index in [1.54, 1.807) is 44.2 Å². The molecule has 47 heavy (non-hydrogen) atoms. The van der Waals surface area contributed by atoms with Gasteiger partial charge < -0.3 is 42.3 Å². The number of unbranched alkanes of at least 4 members (excludes halogenated alkanes) is 1. The van der Waals surface area contributed by atoms with E-state index < -0.39 is 71.8 Å². The number of hydrogen-bond donors (Lipinski definition) is 8. The monoisotopic (exact) mass is 655 g/mol. The lowest BCUT2D eigenvalue weighted by Crippen LogP contribution is -2.59. The van der Waals surface area contributed by atoms with Crippen LogP contribution in [0.3, 0.4) is 0 Å². The van der Waals surface area contributed by atoms with Gasteiger partial charge in [-0.3, -0.25) is 24.0 Å². The Morgan fingerprint density at radius 2 is 1.49 bits per heavy atom. The van der Waals surface area contributed by atoms with Crippen molar-refractivity contribution < 1.29 is 44.1 Å². The van der Waals surface area contributed by atoms with Gasteiger partial charge in [-0.2, -0.15) is 0 Å². The van der Waals surface area contributed by atoms with Gasteiger partial charge in [-0.05, 0) is 48.9 Å². The maximum atomic E-state index is 13.7. The molecule has 4 amide bonds. The van der Waals surface area contributed by atoms with Crippen molar-refractivity contribution in [2.45, 2.75) is 89.6 Å². The van der Waals surface area contributed by atoms with Crippen molar-refractivity contribution in [1.82, 2.24) is 16.0 Å². The van der Waals surface area contributed by atoms with Gasteiger partial charge in [-0.15, -0.1) is 0 Å².